The standard InChI is InChI=1S/C13H20N2O5/c1-7(2)10(14-12(18)19-13(3,4)5)9-6-8(11(16)17)15-20-9/h6-7,10H,1-5H3,(H,14,18)(H,16,17). The lowest BCUT2D eigenvalue weighted by Gasteiger charge is -2.24. The molecular formula is C13H20N2O5. The van der Waals surface area contributed by atoms with Gasteiger partial charge in [-0.1, -0.05) is 19.0 Å². The molecule has 0 aromatic carbocycles. The van der Waals surface area contributed by atoms with Crippen LogP contribution in [0, 0.1) is 5.92 Å². The molecule has 1 amide bonds. The molecule has 0 aliphatic rings. The molecule has 1 aromatic heterocycles. The molecule has 1 heterocycles. The number of amides is 1. The fourth-order valence-corrected chi connectivity index (χ4v) is 1.54. The van der Waals surface area contributed by atoms with E-state index < -0.39 is 23.7 Å². The summed E-state index contributed by atoms with van der Waals surface area (Å²) in [6, 6.07) is 0.787. The van der Waals surface area contributed by atoms with E-state index in [1.165, 1.54) is 6.07 Å². The second kappa shape index (κ2) is 5.94. The fraction of sp³-hybridized carbons (Fsp3) is 0.615. The highest BCUT2D eigenvalue weighted by atomic mass is 16.6. The van der Waals surface area contributed by atoms with Crippen LogP contribution < -0.4 is 5.32 Å². The summed E-state index contributed by atoms with van der Waals surface area (Å²) in [5.41, 5.74) is -0.809. The third kappa shape index (κ3) is 4.56. The van der Waals surface area contributed by atoms with Crippen LogP contribution in [0.1, 0.15) is 56.9 Å². The molecule has 0 bridgehead atoms. The number of carbonyl (C=O) groups is 2. The highest BCUT2D eigenvalue weighted by Gasteiger charge is 2.26. The summed E-state index contributed by atoms with van der Waals surface area (Å²) in [7, 11) is 0. The molecule has 1 atom stereocenters. The zero-order valence-corrected chi connectivity index (χ0v) is 12.3. The number of carbonyl (C=O) groups excluding carboxylic acids is 1. The number of nitrogens with zero attached hydrogens (tertiary/aromatic N) is 1. The maximum Gasteiger partial charge on any atom is 0.408 e. The number of rotatable bonds is 4. The average Bonchev–Trinajstić information content (AvgIpc) is 2.71. The number of carboxylic acid groups (broad SMARTS) is 1. The van der Waals surface area contributed by atoms with Gasteiger partial charge in [0.1, 0.15) is 5.60 Å². The van der Waals surface area contributed by atoms with Crippen LogP contribution in [0.2, 0.25) is 0 Å². The van der Waals surface area contributed by atoms with Gasteiger partial charge in [-0.15, -0.1) is 0 Å². The summed E-state index contributed by atoms with van der Waals surface area (Å²) in [6.45, 7) is 9.01. The van der Waals surface area contributed by atoms with E-state index in [9.17, 15) is 9.59 Å². The van der Waals surface area contributed by atoms with Gasteiger partial charge < -0.3 is 19.7 Å². The van der Waals surface area contributed by atoms with E-state index in [1.807, 2.05) is 13.8 Å². The molecule has 1 aromatic rings. The SMILES string of the molecule is CC(C)C(NC(=O)OC(C)(C)C)c1cc(C(=O)O)no1. The zero-order valence-electron chi connectivity index (χ0n) is 12.3. The predicted octanol–water partition coefficient (Wildman–Crippen LogP) is 2.59. The van der Waals surface area contributed by atoms with E-state index >= 15 is 0 Å². The van der Waals surface area contributed by atoms with Gasteiger partial charge in [-0.2, -0.15) is 0 Å². The topological polar surface area (TPSA) is 102 Å². The first-order chi connectivity index (χ1) is 9.10. The largest absolute Gasteiger partial charge is 0.476 e. The lowest BCUT2D eigenvalue weighted by Crippen LogP contribution is -2.36. The lowest BCUT2D eigenvalue weighted by atomic mass is 10.0. The molecule has 0 aliphatic heterocycles. The van der Waals surface area contributed by atoms with Crippen LogP contribution in [-0.4, -0.2) is 27.9 Å². The zero-order chi connectivity index (χ0) is 15.5. The van der Waals surface area contributed by atoms with Crippen molar-refractivity contribution in [2.24, 2.45) is 5.92 Å². The van der Waals surface area contributed by atoms with Crippen molar-refractivity contribution in [3.63, 3.8) is 0 Å². The third-order valence-corrected chi connectivity index (χ3v) is 2.39. The highest BCUT2D eigenvalue weighted by molar-refractivity contribution is 5.85. The molecule has 0 spiro atoms. The summed E-state index contributed by atoms with van der Waals surface area (Å²) < 4.78 is 10.1. The fourth-order valence-electron chi connectivity index (χ4n) is 1.54. The molecule has 0 aliphatic carbocycles. The van der Waals surface area contributed by atoms with Crippen LogP contribution in [0.5, 0.6) is 0 Å². The van der Waals surface area contributed by atoms with Gasteiger partial charge >= 0.3 is 12.1 Å². The number of ether oxygens (including phenoxy) is 1. The number of aromatic nitrogens is 1. The van der Waals surface area contributed by atoms with E-state index in [4.69, 9.17) is 14.4 Å². The molecule has 1 unspecified atom stereocenters. The number of aromatic carboxylic acids is 1. The van der Waals surface area contributed by atoms with Gasteiger partial charge in [-0.3, -0.25) is 0 Å². The number of carboxylic acids is 1. The van der Waals surface area contributed by atoms with Crippen molar-refractivity contribution < 1.29 is 24.0 Å². The summed E-state index contributed by atoms with van der Waals surface area (Å²) >= 11 is 0. The minimum atomic E-state index is -1.18. The Labute approximate surface area is 117 Å². The summed E-state index contributed by atoms with van der Waals surface area (Å²) in [6.07, 6.45) is -0.593. The maximum absolute atomic E-state index is 11.8. The second-order valence-corrected chi connectivity index (χ2v) is 5.79. The van der Waals surface area contributed by atoms with Gasteiger partial charge in [0.15, 0.2) is 11.5 Å². The third-order valence-electron chi connectivity index (χ3n) is 2.39. The van der Waals surface area contributed by atoms with Crippen LogP contribution in [0.15, 0.2) is 10.6 Å². The minimum absolute atomic E-state index is 0.0166. The van der Waals surface area contributed by atoms with Crippen molar-refractivity contribution >= 4 is 12.1 Å². The Kier molecular flexibility index (Phi) is 4.75. The predicted molar refractivity (Wildman–Crippen MR) is 70.4 cm³/mol. The maximum atomic E-state index is 11.8. The van der Waals surface area contributed by atoms with Crippen molar-refractivity contribution in [3.05, 3.63) is 17.5 Å². The summed E-state index contributed by atoms with van der Waals surface area (Å²) in [5, 5.41) is 14.9. The van der Waals surface area contributed by atoms with Crippen LogP contribution >= 0.6 is 0 Å². The molecule has 7 nitrogen and oxygen atoms in total. The number of nitrogens with one attached hydrogen (secondary N) is 1. The quantitative estimate of drug-likeness (QED) is 0.881. The van der Waals surface area contributed by atoms with E-state index in [2.05, 4.69) is 10.5 Å². The Bertz CT molecular complexity index is 487. The molecular weight excluding hydrogens is 264 g/mol. The summed E-state index contributed by atoms with van der Waals surface area (Å²) in [4.78, 5) is 22.6. The highest BCUT2D eigenvalue weighted by Crippen LogP contribution is 2.23. The van der Waals surface area contributed by atoms with Gasteiger partial charge in [-0.05, 0) is 26.7 Å². The Morgan fingerprint density at radius 1 is 1.40 bits per heavy atom. The lowest BCUT2D eigenvalue weighted by molar-refractivity contribution is 0.0477. The van der Waals surface area contributed by atoms with Gasteiger partial charge in [0.2, 0.25) is 0 Å². The van der Waals surface area contributed by atoms with E-state index in [1.54, 1.807) is 20.8 Å². The second-order valence-electron chi connectivity index (χ2n) is 5.79. The van der Waals surface area contributed by atoms with Crippen LogP contribution in [0.3, 0.4) is 0 Å². The molecule has 112 valence electrons. The number of hydrogen-bond acceptors (Lipinski definition) is 5. The van der Waals surface area contributed by atoms with Crippen molar-refractivity contribution in [2.75, 3.05) is 0 Å². The normalized spacial score (nSPS) is 13.1. The smallest absolute Gasteiger partial charge is 0.408 e. The average molecular weight is 284 g/mol. The summed E-state index contributed by atoms with van der Waals surface area (Å²) in [5.74, 6) is -0.917. The minimum Gasteiger partial charge on any atom is -0.476 e. The molecule has 1 rings (SSSR count). The Hall–Kier alpha value is -2.05. The van der Waals surface area contributed by atoms with Gasteiger partial charge in [0.05, 0.1) is 6.04 Å². The first-order valence-corrected chi connectivity index (χ1v) is 6.29. The van der Waals surface area contributed by atoms with Gasteiger partial charge in [0, 0.05) is 6.07 Å². The van der Waals surface area contributed by atoms with Crippen LogP contribution in [0.25, 0.3) is 0 Å². The monoisotopic (exact) mass is 284 g/mol. The molecule has 20 heavy (non-hydrogen) atoms. The molecule has 0 radical (unpaired) electrons. The van der Waals surface area contributed by atoms with E-state index in [0.29, 0.717) is 0 Å². The van der Waals surface area contributed by atoms with Crippen LogP contribution in [0.4, 0.5) is 4.79 Å². The van der Waals surface area contributed by atoms with Crippen molar-refractivity contribution in [1.82, 2.24) is 10.5 Å². The first kappa shape index (κ1) is 16.0. The molecule has 0 saturated heterocycles. The molecule has 0 saturated carbocycles. The van der Waals surface area contributed by atoms with Gasteiger partial charge in [-0.25, -0.2) is 9.59 Å². The Balaban J connectivity index is 2.84. The van der Waals surface area contributed by atoms with Crippen molar-refractivity contribution in [3.8, 4) is 0 Å². The first-order valence-electron chi connectivity index (χ1n) is 6.29. The van der Waals surface area contributed by atoms with Crippen molar-refractivity contribution in [2.45, 2.75) is 46.3 Å². The number of alkyl carbamates (subject to hydrolysis) is 1. The molecule has 2 N–H and O–H groups in total. The number of hydrogen-bond donors (Lipinski definition) is 2. The Morgan fingerprint density at radius 3 is 2.40 bits per heavy atom. The molecule has 7 heteroatoms. The van der Waals surface area contributed by atoms with Crippen LogP contribution in [-0.2, 0) is 4.74 Å². The van der Waals surface area contributed by atoms with Crippen molar-refractivity contribution in [1.29, 1.82) is 0 Å². The molecule has 0 fully saturated rings. The van der Waals surface area contributed by atoms with E-state index in [-0.39, 0.29) is 17.4 Å². The van der Waals surface area contributed by atoms with E-state index in [0.717, 1.165) is 0 Å². The Morgan fingerprint density at radius 2 is 2.00 bits per heavy atom. The van der Waals surface area contributed by atoms with Gasteiger partial charge in [0.25, 0.3) is 0 Å².